The zero-order valence-corrected chi connectivity index (χ0v) is 10.5. The maximum Gasteiger partial charge on any atom is 0.127 e. The zero-order valence-electron chi connectivity index (χ0n) is 9.76. The van der Waals surface area contributed by atoms with Gasteiger partial charge in [0.15, 0.2) is 0 Å². The van der Waals surface area contributed by atoms with E-state index in [1.54, 1.807) is 12.1 Å². The lowest BCUT2D eigenvalue weighted by Gasteiger charge is -2.34. The van der Waals surface area contributed by atoms with Crippen LogP contribution in [0.15, 0.2) is 18.2 Å². The minimum Gasteiger partial charge on any atom is -0.325 e. The minimum absolute atomic E-state index is 0.218. The maximum absolute atomic E-state index is 13.8. The Morgan fingerprint density at radius 1 is 1.41 bits per heavy atom. The standard InChI is InChI=1S/C14H17ClFN/c15-12-2-1-3-13(16)11(12)8-14(17)7-9-4-5-10(14)6-9/h1-3,9-10H,4-8,17H2. The zero-order chi connectivity index (χ0) is 12.0. The summed E-state index contributed by atoms with van der Waals surface area (Å²) in [6.07, 6.45) is 5.34. The Morgan fingerprint density at radius 2 is 2.24 bits per heavy atom. The Bertz CT molecular complexity index is 428. The number of benzene rings is 1. The average Bonchev–Trinajstić information content (AvgIpc) is 2.83. The second-order valence-electron chi connectivity index (χ2n) is 5.69. The van der Waals surface area contributed by atoms with Crippen LogP contribution >= 0.6 is 11.6 Å². The van der Waals surface area contributed by atoms with Gasteiger partial charge >= 0.3 is 0 Å². The van der Waals surface area contributed by atoms with Gasteiger partial charge in [-0.3, -0.25) is 0 Å². The molecule has 1 aromatic carbocycles. The summed E-state index contributed by atoms with van der Waals surface area (Å²) in [6, 6.07) is 4.86. The van der Waals surface area contributed by atoms with Crippen molar-refractivity contribution in [1.29, 1.82) is 0 Å². The first-order valence-corrected chi connectivity index (χ1v) is 6.68. The second-order valence-corrected chi connectivity index (χ2v) is 6.10. The smallest absolute Gasteiger partial charge is 0.127 e. The molecule has 2 aliphatic rings. The summed E-state index contributed by atoms with van der Waals surface area (Å²) in [6.45, 7) is 0. The molecule has 2 aliphatic carbocycles. The first-order chi connectivity index (χ1) is 8.08. The first kappa shape index (κ1) is 11.5. The predicted molar refractivity (Wildman–Crippen MR) is 67.5 cm³/mol. The van der Waals surface area contributed by atoms with E-state index in [2.05, 4.69) is 0 Å². The van der Waals surface area contributed by atoms with E-state index in [1.807, 2.05) is 0 Å². The molecule has 2 bridgehead atoms. The summed E-state index contributed by atoms with van der Waals surface area (Å²) in [5, 5.41) is 0.512. The van der Waals surface area contributed by atoms with E-state index < -0.39 is 0 Å². The van der Waals surface area contributed by atoms with Crippen LogP contribution < -0.4 is 5.73 Å². The van der Waals surface area contributed by atoms with Gasteiger partial charge < -0.3 is 5.73 Å². The lowest BCUT2D eigenvalue weighted by molar-refractivity contribution is 0.267. The Balaban J connectivity index is 1.88. The largest absolute Gasteiger partial charge is 0.325 e. The van der Waals surface area contributed by atoms with Gasteiger partial charge in [0.05, 0.1) is 0 Å². The van der Waals surface area contributed by atoms with Gasteiger partial charge in [-0.05, 0) is 49.7 Å². The molecule has 2 saturated carbocycles. The van der Waals surface area contributed by atoms with E-state index in [-0.39, 0.29) is 11.4 Å². The Morgan fingerprint density at radius 3 is 2.82 bits per heavy atom. The van der Waals surface area contributed by atoms with E-state index in [9.17, 15) is 4.39 Å². The highest BCUT2D eigenvalue weighted by Crippen LogP contribution is 2.51. The molecule has 1 aromatic rings. The summed E-state index contributed by atoms with van der Waals surface area (Å²) < 4.78 is 13.8. The highest BCUT2D eigenvalue weighted by Gasteiger charge is 2.48. The number of fused-ring (bicyclic) bond motifs is 2. The summed E-state index contributed by atoms with van der Waals surface area (Å²) in [5.74, 6) is 1.10. The third kappa shape index (κ3) is 1.88. The van der Waals surface area contributed by atoms with Gasteiger partial charge in [-0.1, -0.05) is 24.1 Å². The Kier molecular flexibility index (Phi) is 2.68. The topological polar surface area (TPSA) is 26.0 Å². The molecule has 0 radical (unpaired) electrons. The fourth-order valence-electron chi connectivity index (χ4n) is 3.73. The third-order valence-electron chi connectivity index (χ3n) is 4.59. The van der Waals surface area contributed by atoms with Crippen molar-refractivity contribution >= 4 is 11.6 Å². The molecule has 0 saturated heterocycles. The normalized spacial score (nSPS) is 35.5. The Hall–Kier alpha value is -0.600. The number of hydrogen-bond donors (Lipinski definition) is 1. The lowest BCUT2D eigenvalue weighted by atomic mass is 9.77. The van der Waals surface area contributed by atoms with Crippen LogP contribution in [-0.4, -0.2) is 5.54 Å². The van der Waals surface area contributed by atoms with Gasteiger partial charge in [-0.2, -0.15) is 0 Å². The molecule has 3 rings (SSSR count). The van der Waals surface area contributed by atoms with Crippen LogP contribution in [0.25, 0.3) is 0 Å². The van der Waals surface area contributed by atoms with E-state index in [4.69, 9.17) is 17.3 Å². The second kappa shape index (κ2) is 3.96. The van der Waals surface area contributed by atoms with Crippen LogP contribution in [0.5, 0.6) is 0 Å². The van der Waals surface area contributed by atoms with Crippen molar-refractivity contribution < 1.29 is 4.39 Å². The molecule has 3 atom stereocenters. The van der Waals surface area contributed by atoms with Gasteiger partial charge in [0.2, 0.25) is 0 Å². The van der Waals surface area contributed by atoms with Crippen molar-refractivity contribution in [3.05, 3.63) is 34.6 Å². The molecule has 2 fully saturated rings. The van der Waals surface area contributed by atoms with Crippen molar-refractivity contribution in [3.63, 3.8) is 0 Å². The number of halogens is 2. The quantitative estimate of drug-likeness (QED) is 0.857. The van der Waals surface area contributed by atoms with Crippen molar-refractivity contribution in [2.24, 2.45) is 17.6 Å². The molecular weight excluding hydrogens is 237 g/mol. The number of nitrogens with two attached hydrogens (primary N) is 1. The average molecular weight is 254 g/mol. The van der Waals surface area contributed by atoms with Gasteiger partial charge in [0, 0.05) is 16.1 Å². The molecule has 17 heavy (non-hydrogen) atoms. The van der Waals surface area contributed by atoms with Gasteiger partial charge in [0.1, 0.15) is 5.82 Å². The molecule has 2 N–H and O–H groups in total. The number of rotatable bonds is 2. The molecule has 3 heteroatoms. The van der Waals surface area contributed by atoms with Crippen LogP contribution in [0.2, 0.25) is 5.02 Å². The van der Waals surface area contributed by atoms with Gasteiger partial charge in [-0.15, -0.1) is 0 Å². The van der Waals surface area contributed by atoms with E-state index in [0.29, 0.717) is 22.9 Å². The van der Waals surface area contributed by atoms with Crippen molar-refractivity contribution in [3.8, 4) is 0 Å². The predicted octanol–water partition coefficient (Wildman–Crippen LogP) is 3.54. The van der Waals surface area contributed by atoms with Gasteiger partial charge in [-0.25, -0.2) is 4.39 Å². The van der Waals surface area contributed by atoms with E-state index in [1.165, 1.54) is 25.3 Å². The molecule has 0 heterocycles. The first-order valence-electron chi connectivity index (χ1n) is 6.30. The molecule has 0 aromatic heterocycles. The molecule has 1 nitrogen and oxygen atoms in total. The molecule has 3 unspecified atom stereocenters. The molecular formula is C14H17ClFN. The van der Waals surface area contributed by atoms with Crippen molar-refractivity contribution in [2.75, 3.05) is 0 Å². The Labute approximate surface area is 106 Å². The minimum atomic E-state index is -0.227. The van der Waals surface area contributed by atoms with Crippen molar-refractivity contribution in [1.82, 2.24) is 0 Å². The maximum atomic E-state index is 13.8. The summed E-state index contributed by atoms with van der Waals surface area (Å²) in [7, 11) is 0. The molecule has 0 spiro atoms. The molecule has 0 amide bonds. The third-order valence-corrected chi connectivity index (χ3v) is 4.94. The summed E-state index contributed by atoms with van der Waals surface area (Å²) in [4.78, 5) is 0. The fraction of sp³-hybridized carbons (Fsp3) is 0.571. The summed E-state index contributed by atoms with van der Waals surface area (Å²) in [5.41, 5.74) is 6.86. The highest BCUT2D eigenvalue weighted by molar-refractivity contribution is 6.31. The highest BCUT2D eigenvalue weighted by atomic mass is 35.5. The summed E-state index contributed by atoms with van der Waals surface area (Å²) >= 11 is 6.08. The van der Waals surface area contributed by atoms with Gasteiger partial charge in [0.25, 0.3) is 0 Å². The lowest BCUT2D eigenvalue weighted by Crippen LogP contribution is -2.47. The fourth-order valence-corrected chi connectivity index (χ4v) is 3.96. The van der Waals surface area contributed by atoms with Crippen LogP contribution in [0.3, 0.4) is 0 Å². The van der Waals surface area contributed by atoms with E-state index >= 15 is 0 Å². The van der Waals surface area contributed by atoms with Crippen LogP contribution in [0.1, 0.15) is 31.2 Å². The van der Waals surface area contributed by atoms with E-state index in [0.717, 1.165) is 12.3 Å². The number of hydrogen-bond acceptors (Lipinski definition) is 1. The van der Waals surface area contributed by atoms with Crippen molar-refractivity contribution in [2.45, 2.75) is 37.6 Å². The monoisotopic (exact) mass is 253 g/mol. The molecule has 92 valence electrons. The van der Waals surface area contributed by atoms with Crippen LogP contribution in [0, 0.1) is 17.7 Å². The SMILES string of the molecule is NC1(Cc2c(F)cccc2Cl)CC2CCC1C2. The molecule has 0 aliphatic heterocycles. The van der Waals surface area contributed by atoms with Crippen LogP contribution in [0.4, 0.5) is 4.39 Å². The van der Waals surface area contributed by atoms with Crippen LogP contribution in [-0.2, 0) is 6.42 Å².